The molecule has 1 atom stereocenters. The first-order valence-electron chi connectivity index (χ1n) is 5.70. The summed E-state index contributed by atoms with van der Waals surface area (Å²) in [6.45, 7) is 3.56. The van der Waals surface area contributed by atoms with E-state index < -0.39 is 23.7 Å². The molecule has 1 N–H and O–H groups in total. The SMILES string of the molecule is COC(=O)C(NC(=O)c1cc(F)cc(Br)c1)C(C)C. The molecule has 6 heteroatoms. The number of carbonyl (C=O) groups excluding carboxylic acids is 2. The van der Waals surface area contributed by atoms with Gasteiger partial charge in [0.1, 0.15) is 11.9 Å². The minimum Gasteiger partial charge on any atom is -0.467 e. The van der Waals surface area contributed by atoms with E-state index in [9.17, 15) is 14.0 Å². The van der Waals surface area contributed by atoms with E-state index in [1.807, 2.05) is 0 Å². The lowest BCUT2D eigenvalue weighted by molar-refractivity contribution is -0.144. The van der Waals surface area contributed by atoms with Crippen molar-refractivity contribution in [3.63, 3.8) is 0 Å². The maximum absolute atomic E-state index is 13.2. The summed E-state index contributed by atoms with van der Waals surface area (Å²) in [6.07, 6.45) is 0. The highest BCUT2D eigenvalue weighted by Gasteiger charge is 2.25. The zero-order valence-electron chi connectivity index (χ0n) is 10.9. The number of methoxy groups -OCH3 is 1. The van der Waals surface area contributed by atoms with E-state index in [0.717, 1.165) is 6.07 Å². The van der Waals surface area contributed by atoms with Gasteiger partial charge in [0, 0.05) is 10.0 Å². The van der Waals surface area contributed by atoms with Gasteiger partial charge in [0.15, 0.2) is 0 Å². The van der Waals surface area contributed by atoms with Crippen LogP contribution in [0.1, 0.15) is 24.2 Å². The number of rotatable bonds is 4. The molecule has 1 rings (SSSR count). The number of hydrogen-bond donors (Lipinski definition) is 1. The summed E-state index contributed by atoms with van der Waals surface area (Å²) in [5, 5.41) is 2.54. The van der Waals surface area contributed by atoms with Crippen LogP contribution in [0.15, 0.2) is 22.7 Å². The van der Waals surface area contributed by atoms with E-state index >= 15 is 0 Å². The lowest BCUT2D eigenvalue weighted by Gasteiger charge is -2.19. The number of carbonyl (C=O) groups is 2. The van der Waals surface area contributed by atoms with Gasteiger partial charge in [-0.2, -0.15) is 0 Å². The summed E-state index contributed by atoms with van der Waals surface area (Å²) < 4.78 is 18.3. The third kappa shape index (κ3) is 4.31. The molecule has 1 aromatic rings. The summed E-state index contributed by atoms with van der Waals surface area (Å²) in [7, 11) is 1.25. The third-order valence-electron chi connectivity index (χ3n) is 2.53. The first kappa shape index (κ1) is 15.6. The van der Waals surface area contributed by atoms with Gasteiger partial charge >= 0.3 is 5.97 Å². The quantitative estimate of drug-likeness (QED) is 0.862. The molecule has 1 aromatic carbocycles. The fourth-order valence-electron chi connectivity index (χ4n) is 1.53. The molecular weight excluding hydrogens is 317 g/mol. The van der Waals surface area contributed by atoms with Crippen LogP contribution in [0.25, 0.3) is 0 Å². The molecule has 0 aliphatic carbocycles. The zero-order valence-corrected chi connectivity index (χ0v) is 12.5. The fraction of sp³-hybridized carbons (Fsp3) is 0.385. The summed E-state index contributed by atoms with van der Waals surface area (Å²) >= 11 is 3.11. The first-order chi connectivity index (χ1) is 8.85. The number of amides is 1. The molecule has 19 heavy (non-hydrogen) atoms. The lowest BCUT2D eigenvalue weighted by Crippen LogP contribution is -2.45. The predicted molar refractivity (Wildman–Crippen MR) is 72.2 cm³/mol. The van der Waals surface area contributed by atoms with Gasteiger partial charge in [-0.05, 0) is 24.1 Å². The summed E-state index contributed by atoms with van der Waals surface area (Å²) in [4.78, 5) is 23.5. The van der Waals surface area contributed by atoms with Crippen LogP contribution in [-0.2, 0) is 9.53 Å². The van der Waals surface area contributed by atoms with Crippen molar-refractivity contribution in [3.05, 3.63) is 34.1 Å². The molecule has 4 nitrogen and oxygen atoms in total. The molecule has 0 aromatic heterocycles. The molecule has 0 fully saturated rings. The van der Waals surface area contributed by atoms with Crippen LogP contribution in [0.5, 0.6) is 0 Å². The van der Waals surface area contributed by atoms with Crippen molar-refractivity contribution in [3.8, 4) is 0 Å². The van der Waals surface area contributed by atoms with Crippen molar-refractivity contribution in [2.24, 2.45) is 5.92 Å². The van der Waals surface area contributed by atoms with Crippen molar-refractivity contribution in [2.45, 2.75) is 19.9 Å². The van der Waals surface area contributed by atoms with E-state index in [2.05, 4.69) is 26.0 Å². The Morgan fingerprint density at radius 1 is 1.32 bits per heavy atom. The van der Waals surface area contributed by atoms with E-state index in [1.165, 1.54) is 19.2 Å². The maximum atomic E-state index is 13.2. The topological polar surface area (TPSA) is 55.4 Å². The van der Waals surface area contributed by atoms with Crippen molar-refractivity contribution >= 4 is 27.8 Å². The number of halogens is 2. The Labute approximate surface area is 119 Å². The highest BCUT2D eigenvalue weighted by molar-refractivity contribution is 9.10. The van der Waals surface area contributed by atoms with E-state index in [0.29, 0.717) is 4.47 Å². The van der Waals surface area contributed by atoms with Gasteiger partial charge in [-0.15, -0.1) is 0 Å². The lowest BCUT2D eigenvalue weighted by atomic mass is 10.0. The average Bonchev–Trinajstić information content (AvgIpc) is 2.33. The summed E-state index contributed by atoms with van der Waals surface area (Å²) in [5.74, 6) is -1.71. The van der Waals surface area contributed by atoms with Crippen LogP contribution in [0.2, 0.25) is 0 Å². The molecule has 0 radical (unpaired) electrons. The number of benzene rings is 1. The first-order valence-corrected chi connectivity index (χ1v) is 6.49. The molecule has 0 aliphatic rings. The Hall–Kier alpha value is -1.43. The molecule has 104 valence electrons. The Morgan fingerprint density at radius 3 is 2.42 bits per heavy atom. The normalized spacial score (nSPS) is 12.1. The Bertz CT molecular complexity index is 471. The molecule has 0 heterocycles. The average molecular weight is 332 g/mol. The second-order valence-corrected chi connectivity index (χ2v) is 5.29. The van der Waals surface area contributed by atoms with Gasteiger partial charge in [0.25, 0.3) is 5.91 Å². The number of hydrogen-bond acceptors (Lipinski definition) is 3. The van der Waals surface area contributed by atoms with Gasteiger partial charge in [0.05, 0.1) is 7.11 Å². The molecule has 0 aliphatic heterocycles. The van der Waals surface area contributed by atoms with Crippen LogP contribution in [0, 0.1) is 11.7 Å². The highest BCUT2D eigenvalue weighted by Crippen LogP contribution is 2.15. The van der Waals surface area contributed by atoms with Crippen LogP contribution in [0.3, 0.4) is 0 Å². The molecule has 0 bridgehead atoms. The van der Waals surface area contributed by atoms with Gasteiger partial charge in [-0.25, -0.2) is 9.18 Å². The minimum atomic E-state index is -0.764. The highest BCUT2D eigenvalue weighted by atomic mass is 79.9. The zero-order chi connectivity index (χ0) is 14.6. The van der Waals surface area contributed by atoms with Gasteiger partial charge < -0.3 is 10.1 Å². The third-order valence-corrected chi connectivity index (χ3v) is 2.99. The smallest absolute Gasteiger partial charge is 0.328 e. The molecule has 0 spiro atoms. The molecule has 1 unspecified atom stereocenters. The predicted octanol–water partition coefficient (Wildman–Crippen LogP) is 2.52. The van der Waals surface area contributed by atoms with E-state index in [4.69, 9.17) is 0 Å². The van der Waals surface area contributed by atoms with Crippen molar-refractivity contribution in [2.75, 3.05) is 7.11 Å². The fourth-order valence-corrected chi connectivity index (χ4v) is 2.00. The number of esters is 1. The Morgan fingerprint density at radius 2 is 1.95 bits per heavy atom. The summed E-state index contributed by atoms with van der Waals surface area (Å²) in [5.41, 5.74) is 0.140. The molecule has 0 saturated heterocycles. The van der Waals surface area contributed by atoms with Gasteiger partial charge in [0.2, 0.25) is 0 Å². The second kappa shape index (κ2) is 6.65. The van der Waals surface area contributed by atoms with E-state index in [1.54, 1.807) is 13.8 Å². The van der Waals surface area contributed by atoms with Crippen LogP contribution in [0.4, 0.5) is 4.39 Å². The Balaban J connectivity index is 2.90. The summed E-state index contributed by atoms with van der Waals surface area (Å²) in [6, 6.07) is 3.07. The van der Waals surface area contributed by atoms with Crippen LogP contribution < -0.4 is 5.32 Å². The van der Waals surface area contributed by atoms with Crippen LogP contribution >= 0.6 is 15.9 Å². The molecule has 1 amide bonds. The van der Waals surface area contributed by atoms with Crippen molar-refractivity contribution < 1.29 is 18.7 Å². The monoisotopic (exact) mass is 331 g/mol. The van der Waals surface area contributed by atoms with Gasteiger partial charge in [-0.1, -0.05) is 29.8 Å². The van der Waals surface area contributed by atoms with Crippen molar-refractivity contribution in [1.82, 2.24) is 5.32 Å². The number of nitrogens with one attached hydrogen (secondary N) is 1. The second-order valence-electron chi connectivity index (χ2n) is 4.38. The largest absolute Gasteiger partial charge is 0.467 e. The minimum absolute atomic E-state index is 0.131. The van der Waals surface area contributed by atoms with Crippen LogP contribution in [-0.4, -0.2) is 25.0 Å². The maximum Gasteiger partial charge on any atom is 0.328 e. The standard InChI is InChI=1S/C13H15BrFNO3/c1-7(2)11(13(18)19-3)16-12(17)8-4-9(14)6-10(15)5-8/h4-7,11H,1-3H3,(H,16,17). The van der Waals surface area contributed by atoms with E-state index in [-0.39, 0.29) is 11.5 Å². The van der Waals surface area contributed by atoms with Gasteiger partial charge in [-0.3, -0.25) is 4.79 Å². The van der Waals surface area contributed by atoms with Crippen molar-refractivity contribution in [1.29, 1.82) is 0 Å². The number of ether oxygens (including phenoxy) is 1. The Kier molecular flexibility index (Phi) is 5.47. The molecular formula is C13H15BrFNO3. The molecule has 0 saturated carbocycles.